The summed E-state index contributed by atoms with van der Waals surface area (Å²) in [5, 5.41) is 0. The van der Waals surface area contributed by atoms with Crippen molar-refractivity contribution in [3.63, 3.8) is 0 Å². The van der Waals surface area contributed by atoms with E-state index in [1.54, 1.807) is 0 Å². The number of nitrogens with two attached hydrogens (primary N) is 1. The van der Waals surface area contributed by atoms with Crippen LogP contribution >= 0.6 is 0 Å². The van der Waals surface area contributed by atoms with Crippen LogP contribution in [0.2, 0.25) is 6.04 Å². The van der Waals surface area contributed by atoms with Crippen molar-refractivity contribution in [2.75, 3.05) is 13.2 Å². The van der Waals surface area contributed by atoms with Crippen molar-refractivity contribution in [3.8, 4) is 0 Å². The van der Waals surface area contributed by atoms with Gasteiger partial charge in [0.25, 0.3) is 0 Å². The highest BCUT2D eigenvalue weighted by molar-refractivity contribution is 6.26. The number of rotatable bonds is 9. The van der Waals surface area contributed by atoms with Crippen LogP contribution in [0.1, 0.15) is 39.0 Å². The molecular weight excluding hydrogens is 166 g/mol. The first kappa shape index (κ1) is 12.1. The average molecular weight is 189 g/mol. The maximum absolute atomic E-state index is 5.56. The van der Waals surface area contributed by atoms with Gasteiger partial charge in [0.05, 0.1) is 0 Å². The molecule has 0 saturated heterocycles. The molecule has 0 aromatic heterocycles. The zero-order valence-corrected chi connectivity index (χ0v) is 9.76. The van der Waals surface area contributed by atoms with Crippen molar-refractivity contribution < 1.29 is 4.43 Å². The first-order chi connectivity index (χ1) is 5.91. The van der Waals surface area contributed by atoms with Gasteiger partial charge >= 0.3 is 0 Å². The lowest BCUT2D eigenvalue weighted by molar-refractivity contribution is 0.325. The molecule has 0 amide bonds. The molecule has 74 valence electrons. The quantitative estimate of drug-likeness (QED) is 0.440. The van der Waals surface area contributed by atoms with Crippen LogP contribution < -0.4 is 5.73 Å². The highest BCUT2D eigenvalue weighted by atomic mass is 28.2. The van der Waals surface area contributed by atoms with Gasteiger partial charge in [0.1, 0.15) is 0 Å². The van der Waals surface area contributed by atoms with Gasteiger partial charge in [-0.3, -0.25) is 0 Å². The molecular formula is C9H23NOSi. The van der Waals surface area contributed by atoms with Crippen LogP contribution in [0.4, 0.5) is 0 Å². The van der Waals surface area contributed by atoms with Gasteiger partial charge < -0.3 is 10.2 Å². The Bertz CT molecular complexity index is 70.9. The highest BCUT2D eigenvalue weighted by Gasteiger charge is 1.90. The summed E-state index contributed by atoms with van der Waals surface area (Å²) in [6.45, 7) is 4.05. The summed E-state index contributed by atoms with van der Waals surface area (Å²) in [4.78, 5) is 0. The van der Waals surface area contributed by atoms with E-state index in [0.29, 0.717) is 0 Å². The second kappa shape index (κ2) is 11.1. The first-order valence-electron chi connectivity index (χ1n) is 5.19. The molecule has 3 heteroatoms. The van der Waals surface area contributed by atoms with E-state index in [-0.39, 0.29) is 9.76 Å². The summed E-state index contributed by atoms with van der Waals surface area (Å²) < 4.78 is 5.56. The zero-order valence-electron chi connectivity index (χ0n) is 8.35. The molecule has 2 nitrogen and oxygen atoms in total. The van der Waals surface area contributed by atoms with Gasteiger partial charge in [-0.25, -0.2) is 0 Å². The Labute approximate surface area is 78.8 Å². The Balaban J connectivity index is 2.73. The molecule has 0 aliphatic rings. The third-order valence-corrected chi connectivity index (χ3v) is 3.25. The summed E-state index contributed by atoms with van der Waals surface area (Å²) in [7, 11) is -0.178. The Kier molecular flexibility index (Phi) is 11.3. The van der Waals surface area contributed by atoms with Crippen LogP contribution in [0.25, 0.3) is 0 Å². The standard InChI is InChI=1S/C9H23NOSi/c1-2-3-8-11-12-9-6-4-5-7-10/h2-10,12H2,1H3. The lowest BCUT2D eigenvalue weighted by Gasteiger charge is -2.01. The minimum Gasteiger partial charge on any atom is -0.424 e. The Morgan fingerprint density at radius 2 is 2.00 bits per heavy atom. The topological polar surface area (TPSA) is 35.2 Å². The van der Waals surface area contributed by atoms with Crippen molar-refractivity contribution in [1.82, 2.24) is 0 Å². The van der Waals surface area contributed by atoms with Crippen molar-refractivity contribution in [1.29, 1.82) is 0 Å². The first-order valence-corrected chi connectivity index (χ1v) is 6.77. The summed E-state index contributed by atoms with van der Waals surface area (Å²) in [6.07, 6.45) is 6.29. The summed E-state index contributed by atoms with van der Waals surface area (Å²) in [5.74, 6) is 0. The largest absolute Gasteiger partial charge is 0.424 e. The minimum absolute atomic E-state index is 0.178. The van der Waals surface area contributed by atoms with Gasteiger partial charge in [-0.05, 0) is 25.4 Å². The van der Waals surface area contributed by atoms with Crippen molar-refractivity contribution in [3.05, 3.63) is 0 Å². The molecule has 0 spiro atoms. The van der Waals surface area contributed by atoms with Crippen LogP contribution in [0, 0.1) is 0 Å². The van der Waals surface area contributed by atoms with E-state index in [2.05, 4.69) is 6.92 Å². The number of hydrogen-bond acceptors (Lipinski definition) is 2. The SMILES string of the molecule is CCCCO[SiH2]CCCCCN. The molecule has 0 fully saturated rings. The lowest BCUT2D eigenvalue weighted by Crippen LogP contribution is -2.01. The molecule has 0 heterocycles. The van der Waals surface area contributed by atoms with Crippen LogP contribution in [0.15, 0.2) is 0 Å². The summed E-state index contributed by atoms with van der Waals surface area (Å²) >= 11 is 0. The minimum atomic E-state index is -0.178. The fourth-order valence-corrected chi connectivity index (χ4v) is 2.22. The van der Waals surface area contributed by atoms with Gasteiger partial charge in [-0.15, -0.1) is 0 Å². The number of unbranched alkanes of at least 4 members (excludes halogenated alkanes) is 3. The maximum atomic E-state index is 5.56. The van der Waals surface area contributed by atoms with E-state index < -0.39 is 0 Å². The van der Waals surface area contributed by atoms with Crippen molar-refractivity contribution in [2.24, 2.45) is 5.73 Å². The molecule has 12 heavy (non-hydrogen) atoms. The van der Waals surface area contributed by atoms with Crippen LogP contribution in [-0.4, -0.2) is 22.9 Å². The Morgan fingerprint density at radius 1 is 1.17 bits per heavy atom. The second-order valence-electron chi connectivity index (χ2n) is 3.17. The molecule has 0 saturated carbocycles. The van der Waals surface area contributed by atoms with Crippen LogP contribution in [0.3, 0.4) is 0 Å². The van der Waals surface area contributed by atoms with E-state index in [1.165, 1.54) is 38.1 Å². The summed E-state index contributed by atoms with van der Waals surface area (Å²) in [6, 6.07) is 1.34. The zero-order chi connectivity index (χ0) is 9.07. The molecule has 0 bridgehead atoms. The smallest absolute Gasteiger partial charge is 0.161 e. The average Bonchev–Trinajstić information content (AvgIpc) is 2.10. The lowest BCUT2D eigenvalue weighted by atomic mass is 10.2. The van der Waals surface area contributed by atoms with E-state index in [9.17, 15) is 0 Å². The van der Waals surface area contributed by atoms with E-state index in [1.807, 2.05) is 0 Å². The van der Waals surface area contributed by atoms with Gasteiger partial charge in [0.15, 0.2) is 9.76 Å². The summed E-state index contributed by atoms with van der Waals surface area (Å²) in [5.41, 5.74) is 5.39. The molecule has 0 aromatic rings. The Morgan fingerprint density at radius 3 is 2.67 bits per heavy atom. The fraction of sp³-hybridized carbons (Fsp3) is 1.00. The van der Waals surface area contributed by atoms with Crippen molar-refractivity contribution >= 4 is 9.76 Å². The monoisotopic (exact) mass is 189 g/mol. The molecule has 0 aliphatic carbocycles. The Hall–Kier alpha value is 0.137. The van der Waals surface area contributed by atoms with Gasteiger partial charge in [0, 0.05) is 6.61 Å². The molecule has 0 radical (unpaired) electrons. The van der Waals surface area contributed by atoms with Crippen LogP contribution in [0.5, 0.6) is 0 Å². The predicted octanol–water partition coefficient (Wildman–Crippen LogP) is 1.43. The third kappa shape index (κ3) is 10.1. The highest BCUT2D eigenvalue weighted by Crippen LogP contribution is 1.99. The van der Waals surface area contributed by atoms with Gasteiger partial charge in [-0.1, -0.05) is 26.2 Å². The van der Waals surface area contributed by atoms with E-state index in [0.717, 1.165) is 13.2 Å². The molecule has 0 unspecified atom stereocenters. The van der Waals surface area contributed by atoms with E-state index >= 15 is 0 Å². The molecule has 2 N–H and O–H groups in total. The molecule has 0 aromatic carbocycles. The normalized spacial score (nSPS) is 11.5. The van der Waals surface area contributed by atoms with Crippen LogP contribution in [-0.2, 0) is 4.43 Å². The maximum Gasteiger partial charge on any atom is 0.161 e. The van der Waals surface area contributed by atoms with Crippen molar-refractivity contribution in [2.45, 2.75) is 45.1 Å². The molecule has 0 atom stereocenters. The fourth-order valence-electron chi connectivity index (χ4n) is 1.05. The van der Waals surface area contributed by atoms with Gasteiger partial charge in [0.2, 0.25) is 0 Å². The molecule has 0 rings (SSSR count). The van der Waals surface area contributed by atoms with E-state index in [4.69, 9.17) is 10.2 Å². The second-order valence-corrected chi connectivity index (χ2v) is 4.69. The van der Waals surface area contributed by atoms with Gasteiger partial charge in [-0.2, -0.15) is 0 Å². The third-order valence-electron chi connectivity index (χ3n) is 1.89. The number of hydrogen-bond donors (Lipinski definition) is 1. The predicted molar refractivity (Wildman–Crippen MR) is 57.1 cm³/mol. The molecule has 0 aliphatic heterocycles.